The first-order valence-corrected chi connectivity index (χ1v) is 15.9. The maximum absolute atomic E-state index is 12.6. The predicted octanol–water partition coefficient (Wildman–Crippen LogP) is 11.2. The summed E-state index contributed by atoms with van der Waals surface area (Å²) in [6, 6.07) is 0. The van der Waals surface area contributed by atoms with Crippen LogP contribution in [0.25, 0.3) is 0 Å². The second-order valence-corrected chi connectivity index (χ2v) is 11.0. The van der Waals surface area contributed by atoms with E-state index in [-0.39, 0.29) is 11.9 Å². The van der Waals surface area contributed by atoms with Crippen molar-refractivity contribution in [3.05, 3.63) is 0 Å². The molecule has 0 saturated heterocycles. The molecule has 34 heavy (non-hydrogen) atoms. The minimum atomic E-state index is 0.0694. The van der Waals surface area contributed by atoms with Crippen molar-refractivity contribution in [3.63, 3.8) is 0 Å². The van der Waals surface area contributed by atoms with Gasteiger partial charge in [0.2, 0.25) is 0 Å². The largest absolute Gasteiger partial charge is 0.465 e. The van der Waals surface area contributed by atoms with Crippen molar-refractivity contribution in [2.24, 2.45) is 11.8 Å². The standard InChI is InChI=1S/C32H64O2/c1-5-9-11-13-15-17-18-19-20-22-24-26-28-31(8-4)32(33)34-29-30(7-3)27-25-23-21-16-14-12-10-6-2/h30-31H,5-29H2,1-4H3. The molecule has 0 aromatic heterocycles. The molecule has 0 bridgehead atoms. The van der Waals surface area contributed by atoms with Crippen LogP contribution in [-0.2, 0) is 9.53 Å². The summed E-state index contributed by atoms with van der Waals surface area (Å²) in [6.45, 7) is 9.59. The first kappa shape index (κ1) is 33.5. The van der Waals surface area contributed by atoms with Crippen LogP contribution in [0, 0.1) is 11.8 Å². The number of hydrogen-bond donors (Lipinski definition) is 0. The molecule has 0 saturated carbocycles. The molecule has 2 heteroatoms. The molecule has 0 fully saturated rings. The Morgan fingerprint density at radius 3 is 1.26 bits per heavy atom. The summed E-state index contributed by atoms with van der Waals surface area (Å²) < 4.78 is 5.79. The zero-order valence-electron chi connectivity index (χ0n) is 24.1. The number of esters is 1. The number of rotatable bonds is 27. The van der Waals surface area contributed by atoms with E-state index in [1.165, 1.54) is 135 Å². The van der Waals surface area contributed by atoms with E-state index in [2.05, 4.69) is 27.7 Å². The predicted molar refractivity (Wildman–Crippen MR) is 151 cm³/mol. The van der Waals surface area contributed by atoms with Gasteiger partial charge in [-0.05, 0) is 25.2 Å². The van der Waals surface area contributed by atoms with Gasteiger partial charge in [-0.2, -0.15) is 0 Å². The summed E-state index contributed by atoms with van der Waals surface area (Å²) in [7, 11) is 0. The van der Waals surface area contributed by atoms with E-state index in [4.69, 9.17) is 4.74 Å². The van der Waals surface area contributed by atoms with E-state index in [0.29, 0.717) is 12.5 Å². The molecule has 0 heterocycles. The average molecular weight is 481 g/mol. The summed E-state index contributed by atoms with van der Waals surface area (Å²) in [6.07, 6.45) is 31.6. The quantitative estimate of drug-likeness (QED) is 0.0862. The Bertz CT molecular complexity index is 406. The van der Waals surface area contributed by atoms with Gasteiger partial charge in [0.05, 0.1) is 12.5 Å². The third kappa shape index (κ3) is 22.0. The minimum Gasteiger partial charge on any atom is -0.465 e. The fourth-order valence-electron chi connectivity index (χ4n) is 5.01. The van der Waals surface area contributed by atoms with Gasteiger partial charge in [0.1, 0.15) is 0 Å². The Balaban J connectivity index is 3.71. The van der Waals surface area contributed by atoms with Crippen LogP contribution in [0.5, 0.6) is 0 Å². The summed E-state index contributed by atoms with van der Waals surface area (Å²) in [4.78, 5) is 12.6. The lowest BCUT2D eigenvalue weighted by Gasteiger charge is -2.18. The number of carbonyl (C=O) groups excluding carboxylic acids is 1. The number of carbonyl (C=O) groups is 1. The smallest absolute Gasteiger partial charge is 0.308 e. The van der Waals surface area contributed by atoms with Gasteiger partial charge in [-0.3, -0.25) is 4.79 Å². The van der Waals surface area contributed by atoms with Gasteiger partial charge in [-0.1, -0.05) is 163 Å². The van der Waals surface area contributed by atoms with Crippen molar-refractivity contribution in [2.75, 3.05) is 6.61 Å². The zero-order valence-corrected chi connectivity index (χ0v) is 24.1. The molecular formula is C32H64O2. The van der Waals surface area contributed by atoms with E-state index >= 15 is 0 Å². The molecule has 0 rings (SSSR count). The van der Waals surface area contributed by atoms with Gasteiger partial charge in [0.25, 0.3) is 0 Å². The topological polar surface area (TPSA) is 26.3 Å². The number of hydrogen-bond acceptors (Lipinski definition) is 2. The van der Waals surface area contributed by atoms with Gasteiger partial charge in [-0.25, -0.2) is 0 Å². The molecule has 0 aromatic rings. The Labute approximate surface area is 215 Å². The third-order valence-electron chi connectivity index (χ3n) is 7.74. The molecular weight excluding hydrogens is 416 g/mol. The van der Waals surface area contributed by atoms with Crippen LogP contribution < -0.4 is 0 Å². The van der Waals surface area contributed by atoms with Gasteiger partial charge in [0, 0.05) is 0 Å². The SMILES string of the molecule is CCCCCCCCCCCCCCC(CC)C(=O)OCC(CC)CCCCCCCCCC. The molecule has 0 aromatic carbocycles. The molecule has 2 unspecified atom stereocenters. The van der Waals surface area contributed by atoms with Crippen LogP contribution in [0.4, 0.5) is 0 Å². The zero-order chi connectivity index (χ0) is 25.1. The van der Waals surface area contributed by atoms with Crippen LogP contribution in [0.1, 0.15) is 182 Å². The Morgan fingerprint density at radius 1 is 0.500 bits per heavy atom. The second kappa shape index (κ2) is 27.1. The van der Waals surface area contributed by atoms with Crippen molar-refractivity contribution in [1.82, 2.24) is 0 Å². The number of ether oxygens (including phenoxy) is 1. The fraction of sp³-hybridized carbons (Fsp3) is 0.969. The van der Waals surface area contributed by atoms with Crippen molar-refractivity contribution >= 4 is 5.97 Å². The second-order valence-electron chi connectivity index (χ2n) is 11.0. The maximum atomic E-state index is 12.6. The van der Waals surface area contributed by atoms with E-state index in [1.807, 2.05) is 0 Å². The van der Waals surface area contributed by atoms with Gasteiger partial charge >= 0.3 is 5.97 Å². The van der Waals surface area contributed by atoms with Crippen molar-refractivity contribution in [1.29, 1.82) is 0 Å². The molecule has 0 N–H and O–H groups in total. The van der Waals surface area contributed by atoms with Gasteiger partial charge in [-0.15, -0.1) is 0 Å². The van der Waals surface area contributed by atoms with Crippen LogP contribution in [0.15, 0.2) is 0 Å². The van der Waals surface area contributed by atoms with E-state index in [0.717, 1.165) is 19.3 Å². The summed E-state index contributed by atoms with van der Waals surface area (Å²) >= 11 is 0. The highest BCUT2D eigenvalue weighted by atomic mass is 16.5. The Kier molecular flexibility index (Phi) is 26.6. The highest BCUT2D eigenvalue weighted by Gasteiger charge is 2.19. The molecule has 2 nitrogen and oxygen atoms in total. The lowest BCUT2D eigenvalue weighted by atomic mass is 9.97. The summed E-state index contributed by atoms with van der Waals surface area (Å²) in [5.41, 5.74) is 0. The van der Waals surface area contributed by atoms with Crippen molar-refractivity contribution in [3.8, 4) is 0 Å². The van der Waals surface area contributed by atoms with Crippen LogP contribution in [0.2, 0.25) is 0 Å². The molecule has 0 aliphatic heterocycles. The molecule has 2 atom stereocenters. The molecule has 0 aliphatic carbocycles. The van der Waals surface area contributed by atoms with E-state index in [9.17, 15) is 4.79 Å². The van der Waals surface area contributed by atoms with Crippen molar-refractivity contribution < 1.29 is 9.53 Å². The summed E-state index contributed by atoms with van der Waals surface area (Å²) in [5, 5.41) is 0. The van der Waals surface area contributed by atoms with Gasteiger partial charge < -0.3 is 4.74 Å². The normalized spacial score (nSPS) is 13.2. The molecule has 204 valence electrons. The van der Waals surface area contributed by atoms with Crippen LogP contribution >= 0.6 is 0 Å². The molecule has 0 amide bonds. The summed E-state index contributed by atoms with van der Waals surface area (Å²) in [5.74, 6) is 0.733. The van der Waals surface area contributed by atoms with Gasteiger partial charge in [0.15, 0.2) is 0 Å². The highest BCUT2D eigenvalue weighted by molar-refractivity contribution is 5.72. The monoisotopic (exact) mass is 480 g/mol. The van der Waals surface area contributed by atoms with E-state index < -0.39 is 0 Å². The molecule has 0 radical (unpaired) electrons. The minimum absolute atomic E-state index is 0.0694. The third-order valence-corrected chi connectivity index (χ3v) is 7.74. The van der Waals surface area contributed by atoms with E-state index in [1.54, 1.807) is 0 Å². The number of unbranched alkanes of at least 4 members (excludes halogenated alkanes) is 18. The average Bonchev–Trinajstić information content (AvgIpc) is 2.85. The van der Waals surface area contributed by atoms with Crippen LogP contribution in [0.3, 0.4) is 0 Å². The lowest BCUT2D eigenvalue weighted by molar-refractivity contribution is -0.150. The van der Waals surface area contributed by atoms with Crippen LogP contribution in [-0.4, -0.2) is 12.6 Å². The Morgan fingerprint density at radius 2 is 0.882 bits per heavy atom. The first-order valence-electron chi connectivity index (χ1n) is 15.9. The Hall–Kier alpha value is -0.530. The van der Waals surface area contributed by atoms with Crippen molar-refractivity contribution in [2.45, 2.75) is 182 Å². The first-order chi connectivity index (χ1) is 16.7. The lowest BCUT2D eigenvalue weighted by Crippen LogP contribution is -2.21. The maximum Gasteiger partial charge on any atom is 0.308 e. The molecule has 0 spiro atoms. The highest BCUT2D eigenvalue weighted by Crippen LogP contribution is 2.20. The molecule has 0 aliphatic rings. The fourth-order valence-corrected chi connectivity index (χ4v) is 5.01.